The van der Waals surface area contributed by atoms with Crippen molar-refractivity contribution in [3.05, 3.63) is 63.6 Å². The Labute approximate surface area is 174 Å². The van der Waals surface area contributed by atoms with Crippen molar-refractivity contribution < 1.29 is 14.7 Å². The highest BCUT2D eigenvalue weighted by molar-refractivity contribution is 6.37. The first kappa shape index (κ1) is 20.6. The molecule has 3 rings (SSSR count). The number of hydrogen-bond donors (Lipinski definition) is 2. The predicted octanol–water partition coefficient (Wildman–Crippen LogP) is 4.62. The van der Waals surface area contributed by atoms with Crippen molar-refractivity contribution in [2.45, 2.75) is 31.7 Å². The fourth-order valence-corrected chi connectivity index (χ4v) is 4.01. The molecule has 1 aliphatic heterocycles. The van der Waals surface area contributed by atoms with Gasteiger partial charge in [0, 0.05) is 24.2 Å². The number of aliphatic hydroxyl groups is 1. The largest absolute Gasteiger partial charge is 0.396 e. The van der Waals surface area contributed by atoms with Crippen molar-refractivity contribution in [3.8, 4) is 0 Å². The van der Waals surface area contributed by atoms with E-state index >= 15 is 0 Å². The van der Waals surface area contributed by atoms with Crippen LogP contribution in [0.5, 0.6) is 0 Å². The number of piperidine rings is 1. The molecule has 2 aromatic rings. The average molecular weight is 421 g/mol. The Morgan fingerprint density at radius 1 is 1.11 bits per heavy atom. The fraction of sp³-hybridized carbons (Fsp3) is 0.333. The molecule has 1 atom stereocenters. The summed E-state index contributed by atoms with van der Waals surface area (Å²) in [5.41, 5.74) is 1.13. The highest BCUT2D eigenvalue weighted by Gasteiger charge is 2.28. The molecule has 0 saturated carbocycles. The number of nitrogens with zero attached hydrogens (tertiary/aromatic N) is 1. The summed E-state index contributed by atoms with van der Waals surface area (Å²) in [5.74, 6) is -0.552. The molecule has 1 saturated heterocycles. The quantitative estimate of drug-likeness (QED) is 0.740. The van der Waals surface area contributed by atoms with E-state index < -0.39 is 5.91 Å². The first-order chi connectivity index (χ1) is 13.5. The number of nitrogens with one attached hydrogen (secondary N) is 1. The summed E-state index contributed by atoms with van der Waals surface area (Å²) in [6.07, 6.45) is 3.41. The van der Waals surface area contributed by atoms with Gasteiger partial charge >= 0.3 is 0 Å². The zero-order chi connectivity index (χ0) is 20.1. The van der Waals surface area contributed by atoms with E-state index in [1.807, 2.05) is 0 Å². The molecule has 2 aromatic carbocycles. The van der Waals surface area contributed by atoms with Crippen LogP contribution in [0.25, 0.3) is 0 Å². The first-order valence-corrected chi connectivity index (χ1v) is 10.0. The predicted molar refractivity (Wildman–Crippen MR) is 111 cm³/mol. The number of amides is 2. The Bertz CT molecular complexity index is 870. The number of likely N-dealkylation sites (tertiary alicyclic amines) is 1. The fourth-order valence-electron chi connectivity index (χ4n) is 3.51. The molecule has 1 aliphatic rings. The molecule has 28 heavy (non-hydrogen) atoms. The van der Waals surface area contributed by atoms with Gasteiger partial charge in [0.05, 0.1) is 21.8 Å². The number of anilines is 1. The summed E-state index contributed by atoms with van der Waals surface area (Å²) >= 11 is 12.0. The summed E-state index contributed by atoms with van der Waals surface area (Å²) in [4.78, 5) is 27.7. The van der Waals surface area contributed by atoms with E-state index in [4.69, 9.17) is 23.2 Å². The molecule has 0 aromatic heterocycles. The molecule has 0 aliphatic carbocycles. The van der Waals surface area contributed by atoms with Crippen LogP contribution in [0.3, 0.4) is 0 Å². The van der Waals surface area contributed by atoms with Crippen molar-refractivity contribution in [3.63, 3.8) is 0 Å². The second-order valence-electron chi connectivity index (χ2n) is 6.78. The smallest absolute Gasteiger partial charge is 0.257 e. The van der Waals surface area contributed by atoms with Crippen molar-refractivity contribution in [2.24, 2.45) is 0 Å². The van der Waals surface area contributed by atoms with Crippen LogP contribution >= 0.6 is 23.2 Å². The minimum absolute atomic E-state index is 0.0146. The minimum Gasteiger partial charge on any atom is -0.396 e. The molecule has 2 amide bonds. The first-order valence-electron chi connectivity index (χ1n) is 9.28. The van der Waals surface area contributed by atoms with E-state index in [2.05, 4.69) is 5.32 Å². The second-order valence-corrected chi connectivity index (χ2v) is 7.63. The van der Waals surface area contributed by atoms with Gasteiger partial charge in [0.2, 0.25) is 0 Å². The van der Waals surface area contributed by atoms with E-state index in [9.17, 15) is 14.7 Å². The molecule has 0 radical (unpaired) electrons. The molecule has 1 fully saturated rings. The van der Waals surface area contributed by atoms with Gasteiger partial charge in [0.15, 0.2) is 0 Å². The normalized spacial score (nSPS) is 16.7. The van der Waals surface area contributed by atoms with E-state index in [0.29, 0.717) is 29.2 Å². The lowest BCUT2D eigenvalue weighted by molar-refractivity contribution is 0.0575. The minimum atomic E-state index is -0.410. The second kappa shape index (κ2) is 9.41. The Hall–Kier alpha value is -2.08. The Morgan fingerprint density at radius 2 is 1.89 bits per heavy atom. The van der Waals surface area contributed by atoms with Gasteiger partial charge in [0.25, 0.3) is 11.8 Å². The highest BCUT2D eigenvalue weighted by atomic mass is 35.5. The maximum atomic E-state index is 13.2. The molecular weight excluding hydrogens is 399 g/mol. The number of carbonyl (C=O) groups excluding carboxylic acids is 2. The number of hydrogen-bond acceptors (Lipinski definition) is 3. The highest BCUT2D eigenvalue weighted by Crippen LogP contribution is 2.26. The zero-order valence-electron chi connectivity index (χ0n) is 15.3. The molecule has 5 nitrogen and oxygen atoms in total. The molecule has 0 spiro atoms. The lowest BCUT2D eigenvalue weighted by atomic mass is 9.98. The van der Waals surface area contributed by atoms with Crippen molar-refractivity contribution in [1.29, 1.82) is 0 Å². The number of rotatable bonds is 5. The van der Waals surface area contributed by atoms with Crippen LogP contribution in [-0.4, -0.2) is 41.0 Å². The summed E-state index contributed by atoms with van der Waals surface area (Å²) in [6, 6.07) is 11.6. The number of benzene rings is 2. The molecule has 148 valence electrons. The summed E-state index contributed by atoms with van der Waals surface area (Å²) < 4.78 is 0. The van der Waals surface area contributed by atoms with Crippen LogP contribution in [0.1, 0.15) is 46.4 Å². The van der Waals surface area contributed by atoms with E-state index in [-0.39, 0.29) is 29.1 Å². The SMILES string of the molecule is O=C(Nc1ccccc1C(=O)N1CCCC[C@@H]1CCO)c1ccc(Cl)cc1Cl. The molecule has 2 N–H and O–H groups in total. The van der Waals surface area contributed by atoms with Crippen molar-refractivity contribution in [2.75, 3.05) is 18.5 Å². The van der Waals surface area contributed by atoms with Gasteiger partial charge in [-0.1, -0.05) is 35.3 Å². The summed E-state index contributed by atoms with van der Waals surface area (Å²) in [5, 5.41) is 12.8. The van der Waals surface area contributed by atoms with Gasteiger partial charge in [-0.15, -0.1) is 0 Å². The van der Waals surface area contributed by atoms with Crippen LogP contribution in [-0.2, 0) is 0 Å². The molecule has 0 bridgehead atoms. The van der Waals surface area contributed by atoms with Crippen molar-refractivity contribution >= 4 is 40.7 Å². The third-order valence-corrected chi connectivity index (χ3v) is 5.48. The van der Waals surface area contributed by atoms with Crippen LogP contribution < -0.4 is 5.32 Å². The number of carbonyl (C=O) groups is 2. The maximum Gasteiger partial charge on any atom is 0.257 e. The Balaban J connectivity index is 1.84. The lowest BCUT2D eigenvalue weighted by Crippen LogP contribution is -2.44. The van der Waals surface area contributed by atoms with Crippen LogP contribution in [0.2, 0.25) is 10.0 Å². The monoisotopic (exact) mass is 420 g/mol. The van der Waals surface area contributed by atoms with Crippen molar-refractivity contribution in [1.82, 2.24) is 4.90 Å². The standard InChI is InChI=1S/C21H22Cl2N2O3/c22-14-8-9-16(18(23)13-14)20(27)24-19-7-2-1-6-17(19)21(28)25-11-4-3-5-15(25)10-12-26/h1-2,6-9,13,15,26H,3-5,10-12H2,(H,24,27)/t15-/m1/s1. The molecule has 0 unspecified atom stereocenters. The number of para-hydroxylation sites is 1. The molecule has 7 heteroatoms. The number of halogens is 2. The molecular formula is C21H22Cl2N2O3. The lowest BCUT2D eigenvalue weighted by Gasteiger charge is -2.36. The number of aliphatic hydroxyl groups excluding tert-OH is 1. The zero-order valence-corrected chi connectivity index (χ0v) is 16.8. The maximum absolute atomic E-state index is 13.2. The van der Waals surface area contributed by atoms with Gasteiger partial charge in [-0.05, 0) is 56.0 Å². The van der Waals surface area contributed by atoms with Gasteiger partial charge in [-0.25, -0.2) is 0 Å². The summed E-state index contributed by atoms with van der Waals surface area (Å²) in [7, 11) is 0. The van der Waals surface area contributed by atoms with E-state index in [1.165, 1.54) is 6.07 Å². The Kier molecular flexibility index (Phi) is 6.94. The summed E-state index contributed by atoms with van der Waals surface area (Å²) in [6.45, 7) is 0.691. The van der Waals surface area contributed by atoms with Crippen LogP contribution in [0, 0.1) is 0 Å². The van der Waals surface area contributed by atoms with Gasteiger partial charge < -0.3 is 15.3 Å². The van der Waals surface area contributed by atoms with E-state index in [1.54, 1.807) is 41.3 Å². The topological polar surface area (TPSA) is 69.6 Å². The average Bonchev–Trinajstić information content (AvgIpc) is 2.68. The van der Waals surface area contributed by atoms with Gasteiger partial charge in [-0.3, -0.25) is 9.59 Å². The van der Waals surface area contributed by atoms with Gasteiger partial charge in [0.1, 0.15) is 0 Å². The van der Waals surface area contributed by atoms with E-state index in [0.717, 1.165) is 19.3 Å². The van der Waals surface area contributed by atoms with Crippen LogP contribution in [0.15, 0.2) is 42.5 Å². The van der Waals surface area contributed by atoms with Crippen LogP contribution in [0.4, 0.5) is 5.69 Å². The Morgan fingerprint density at radius 3 is 2.64 bits per heavy atom. The molecule has 1 heterocycles. The third-order valence-electron chi connectivity index (χ3n) is 4.93. The third kappa shape index (κ3) is 4.66. The van der Waals surface area contributed by atoms with Gasteiger partial charge in [-0.2, -0.15) is 0 Å².